The van der Waals surface area contributed by atoms with Crippen LogP contribution >= 0.6 is 23.5 Å². The van der Waals surface area contributed by atoms with Gasteiger partial charge in [-0.15, -0.1) is 22.0 Å². The fourth-order valence-electron chi connectivity index (χ4n) is 2.53. The summed E-state index contributed by atoms with van der Waals surface area (Å²) in [4.78, 5) is 15.3. The molecule has 1 aromatic heterocycles. The summed E-state index contributed by atoms with van der Waals surface area (Å²) in [7, 11) is 1.75. The highest BCUT2D eigenvalue weighted by molar-refractivity contribution is 7.99. The molecule has 9 heteroatoms. The first-order valence-electron chi connectivity index (χ1n) is 8.44. The zero-order valence-electron chi connectivity index (χ0n) is 15.5. The molecule has 6 nitrogen and oxygen atoms in total. The second-order valence-corrected chi connectivity index (χ2v) is 7.86. The summed E-state index contributed by atoms with van der Waals surface area (Å²) in [5, 5.41) is 8.28. The minimum atomic E-state index is -0.429. The van der Waals surface area contributed by atoms with Gasteiger partial charge in [0.15, 0.2) is 5.82 Å². The summed E-state index contributed by atoms with van der Waals surface area (Å²) >= 11 is 2.85. The molecule has 0 saturated heterocycles. The zero-order chi connectivity index (χ0) is 20.1. The van der Waals surface area contributed by atoms with Gasteiger partial charge in [-0.25, -0.2) is 9.07 Å². The molecule has 0 fully saturated rings. The van der Waals surface area contributed by atoms with Gasteiger partial charge in [0.05, 0.1) is 11.3 Å². The highest BCUT2D eigenvalue weighted by Crippen LogP contribution is 2.24. The van der Waals surface area contributed by atoms with Crippen molar-refractivity contribution in [2.24, 2.45) is 0 Å². The lowest BCUT2D eigenvalue weighted by Crippen LogP contribution is -2.28. The summed E-state index contributed by atoms with van der Waals surface area (Å²) in [5.74, 6) is 5.88. The number of benzene rings is 2. The molecule has 28 heavy (non-hydrogen) atoms. The van der Waals surface area contributed by atoms with E-state index in [0.717, 1.165) is 5.56 Å². The summed E-state index contributed by atoms with van der Waals surface area (Å²) < 4.78 is 15.1. The molecule has 0 spiro atoms. The molecule has 0 unspecified atom stereocenters. The minimum absolute atomic E-state index is 0.0608. The van der Waals surface area contributed by atoms with Gasteiger partial charge in [-0.2, -0.15) is 0 Å². The Kier molecular flexibility index (Phi) is 6.58. The number of amides is 1. The van der Waals surface area contributed by atoms with Gasteiger partial charge in [0.1, 0.15) is 5.82 Å². The number of carbonyl (C=O) groups excluding carboxylic acids is 1. The Balaban J connectivity index is 1.60. The number of hydrogen-bond acceptors (Lipinski definition) is 6. The maximum absolute atomic E-state index is 13.9. The van der Waals surface area contributed by atoms with Crippen LogP contribution in [0.2, 0.25) is 0 Å². The van der Waals surface area contributed by atoms with Gasteiger partial charge in [-0.1, -0.05) is 36.0 Å². The molecule has 0 aliphatic rings. The van der Waals surface area contributed by atoms with Crippen LogP contribution in [0, 0.1) is 5.82 Å². The standard InChI is InChI=1S/C19H20FN5OS2/c1-24(11-13-7-9-14(27-2)10-8-13)17(26)12-28-19-23-22-18(25(19)21)15-5-3-4-6-16(15)20/h3-10H,11-12,21H2,1-2H3. The number of halogens is 1. The van der Waals surface area contributed by atoms with Crippen molar-refractivity contribution in [1.29, 1.82) is 0 Å². The summed E-state index contributed by atoms with van der Waals surface area (Å²) in [6.07, 6.45) is 2.02. The van der Waals surface area contributed by atoms with E-state index < -0.39 is 5.82 Å². The number of nitrogens with two attached hydrogens (primary N) is 1. The topological polar surface area (TPSA) is 77.0 Å². The number of aromatic nitrogens is 3. The van der Waals surface area contributed by atoms with Crippen LogP contribution in [0.3, 0.4) is 0 Å². The van der Waals surface area contributed by atoms with Gasteiger partial charge in [0.2, 0.25) is 11.1 Å². The minimum Gasteiger partial charge on any atom is -0.341 e. The third kappa shape index (κ3) is 4.66. The SMILES string of the molecule is CSc1ccc(CN(C)C(=O)CSc2nnc(-c3ccccc3F)n2N)cc1. The van der Waals surface area contributed by atoms with Gasteiger partial charge >= 0.3 is 0 Å². The first-order valence-corrected chi connectivity index (χ1v) is 10.7. The van der Waals surface area contributed by atoms with E-state index in [1.807, 2.05) is 30.5 Å². The molecule has 1 amide bonds. The number of rotatable bonds is 7. The predicted molar refractivity (Wildman–Crippen MR) is 111 cm³/mol. The van der Waals surface area contributed by atoms with Crippen molar-refractivity contribution < 1.29 is 9.18 Å². The number of nitrogens with zero attached hydrogens (tertiary/aromatic N) is 4. The van der Waals surface area contributed by atoms with Crippen molar-refractivity contribution in [3.05, 3.63) is 59.9 Å². The van der Waals surface area contributed by atoms with Gasteiger partial charge in [-0.3, -0.25) is 4.79 Å². The molecule has 3 rings (SSSR count). The van der Waals surface area contributed by atoms with E-state index in [4.69, 9.17) is 5.84 Å². The average molecular weight is 418 g/mol. The predicted octanol–water partition coefficient (Wildman–Crippen LogP) is 3.27. The highest BCUT2D eigenvalue weighted by Gasteiger charge is 2.17. The Labute approximate surface area is 171 Å². The summed E-state index contributed by atoms with van der Waals surface area (Å²) in [5.41, 5.74) is 1.32. The van der Waals surface area contributed by atoms with Crippen LogP contribution in [0.4, 0.5) is 4.39 Å². The molecule has 3 aromatic rings. The van der Waals surface area contributed by atoms with Gasteiger partial charge < -0.3 is 10.7 Å². The number of nitrogen functional groups attached to an aromatic ring is 1. The van der Waals surface area contributed by atoms with Crippen molar-refractivity contribution in [3.63, 3.8) is 0 Å². The quantitative estimate of drug-likeness (QED) is 0.470. The van der Waals surface area contributed by atoms with Crippen molar-refractivity contribution in [2.45, 2.75) is 16.6 Å². The molecule has 0 aliphatic carbocycles. The lowest BCUT2D eigenvalue weighted by molar-refractivity contribution is -0.127. The molecule has 0 aliphatic heterocycles. The molecule has 2 aromatic carbocycles. The zero-order valence-corrected chi connectivity index (χ0v) is 17.1. The van der Waals surface area contributed by atoms with E-state index in [-0.39, 0.29) is 23.0 Å². The normalized spacial score (nSPS) is 10.8. The van der Waals surface area contributed by atoms with Crippen LogP contribution in [-0.4, -0.2) is 44.7 Å². The van der Waals surface area contributed by atoms with Crippen LogP contribution in [0.1, 0.15) is 5.56 Å². The Morgan fingerprint density at radius 1 is 1.18 bits per heavy atom. The second-order valence-electron chi connectivity index (χ2n) is 6.04. The van der Waals surface area contributed by atoms with Crippen LogP contribution in [0.15, 0.2) is 58.6 Å². The lowest BCUT2D eigenvalue weighted by atomic mass is 10.2. The number of thioether (sulfide) groups is 2. The maximum Gasteiger partial charge on any atom is 0.233 e. The first-order chi connectivity index (χ1) is 13.5. The summed E-state index contributed by atoms with van der Waals surface area (Å²) in [6, 6.07) is 14.3. The monoisotopic (exact) mass is 417 g/mol. The van der Waals surface area contributed by atoms with E-state index >= 15 is 0 Å². The largest absolute Gasteiger partial charge is 0.341 e. The molecule has 0 radical (unpaired) electrons. The molecule has 0 atom stereocenters. The molecule has 146 valence electrons. The van der Waals surface area contributed by atoms with Crippen LogP contribution < -0.4 is 5.84 Å². The van der Waals surface area contributed by atoms with Gasteiger partial charge in [0, 0.05) is 18.5 Å². The van der Waals surface area contributed by atoms with Crippen molar-refractivity contribution >= 4 is 29.4 Å². The highest BCUT2D eigenvalue weighted by atomic mass is 32.2. The third-order valence-corrected chi connectivity index (χ3v) is 5.78. The number of hydrogen-bond donors (Lipinski definition) is 1. The van der Waals surface area contributed by atoms with Crippen LogP contribution in [-0.2, 0) is 11.3 Å². The molecule has 0 saturated carbocycles. The fourth-order valence-corrected chi connectivity index (χ4v) is 3.74. The van der Waals surface area contributed by atoms with Crippen molar-refractivity contribution in [1.82, 2.24) is 19.8 Å². The lowest BCUT2D eigenvalue weighted by Gasteiger charge is -2.17. The second kappa shape index (κ2) is 9.11. The Morgan fingerprint density at radius 3 is 2.57 bits per heavy atom. The first kappa shape index (κ1) is 20.2. The van der Waals surface area contributed by atoms with Gasteiger partial charge in [0.25, 0.3) is 0 Å². The molecule has 0 bridgehead atoms. The van der Waals surface area contributed by atoms with E-state index in [2.05, 4.69) is 10.2 Å². The van der Waals surface area contributed by atoms with Crippen LogP contribution in [0.5, 0.6) is 0 Å². The van der Waals surface area contributed by atoms with Crippen molar-refractivity contribution in [2.75, 3.05) is 24.9 Å². The smallest absolute Gasteiger partial charge is 0.233 e. The number of carbonyl (C=O) groups is 1. The average Bonchev–Trinajstić information content (AvgIpc) is 3.07. The van der Waals surface area contributed by atoms with E-state index in [9.17, 15) is 9.18 Å². The molecular weight excluding hydrogens is 397 g/mol. The molecule has 1 heterocycles. The Morgan fingerprint density at radius 2 is 1.89 bits per heavy atom. The Hall–Kier alpha value is -2.52. The third-order valence-electron chi connectivity index (χ3n) is 4.11. The fraction of sp³-hybridized carbons (Fsp3) is 0.211. The van der Waals surface area contributed by atoms with E-state index in [1.165, 1.54) is 27.4 Å². The van der Waals surface area contributed by atoms with E-state index in [1.54, 1.807) is 41.9 Å². The van der Waals surface area contributed by atoms with Gasteiger partial charge in [-0.05, 0) is 36.1 Å². The molecule has 2 N–H and O–H groups in total. The maximum atomic E-state index is 13.9. The Bertz CT molecular complexity index is 961. The summed E-state index contributed by atoms with van der Waals surface area (Å²) in [6.45, 7) is 0.518. The van der Waals surface area contributed by atoms with Crippen LogP contribution in [0.25, 0.3) is 11.4 Å². The van der Waals surface area contributed by atoms with E-state index in [0.29, 0.717) is 11.7 Å². The molecular formula is C19H20FN5OS2. The van der Waals surface area contributed by atoms with Crippen molar-refractivity contribution in [3.8, 4) is 11.4 Å².